The van der Waals surface area contributed by atoms with Gasteiger partial charge in [-0.25, -0.2) is 13.9 Å². The summed E-state index contributed by atoms with van der Waals surface area (Å²) in [6, 6.07) is 6.10. The number of carbonyl (C=O) groups is 1. The van der Waals surface area contributed by atoms with E-state index in [0.717, 1.165) is 5.56 Å². The number of nitrogens with one attached hydrogen (secondary N) is 1. The van der Waals surface area contributed by atoms with Crippen molar-refractivity contribution >= 4 is 11.8 Å². The molecule has 104 valence electrons. The van der Waals surface area contributed by atoms with Gasteiger partial charge in [-0.05, 0) is 24.1 Å². The second kappa shape index (κ2) is 4.63. The van der Waals surface area contributed by atoms with Crippen LogP contribution in [0.15, 0.2) is 24.3 Å². The third-order valence-electron chi connectivity index (χ3n) is 3.51. The Morgan fingerprint density at radius 3 is 2.80 bits per heavy atom. The van der Waals surface area contributed by atoms with Crippen LogP contribution in [0.3, 0.4) is 0 Å². The van der Waals surface area contributed by atoms with Crippen LogP contribution in [0.2, 0.25) is 0 Å². The summed E-state index contributed by atoms with van der Waals surface area (Å²) in [5.74, 6) is -0.733. The topological polar surface area (TPSA) is 67.2 Å². The molecule has 1 aliphatic rings. The molecule has 0 radical (unpaired) electrons. The summed E-state index contributed by atoms with van der Waals surface area (Å²) in [6.45, 7) is 2.42. The first kappa shape index (κ1) is 12.7. The molecule has 1 aromatic heterocycles. The number of hydrogen-bond donors (Lipinski definition) is 2. The number of hydrogen-bond acceptors (Lipinski definition) is 3. The Hall–Kier alpha value is -2.37. The lowest BCUT2D eigenvalue weighted by molar-refractivity contribution is 0.0697. The van der Waals surface area contributed by atoms with Crippen molar-refractivity contribution in [3.63, 3.8) is 0 Å². The van der Waals surface area contributed by atoms with E-state index in [1.54, 1.807) is 16.8 Å². The third-order valence-corrected chi connectivity index (χ3v) is 3.51. The summed E-state index contributed by atoms with van der Waals surface area (Å²) in [7, 11) is 0. The van der Waals surface area contributed by atoms with E-state index < -0.39 is 5.97 Å². The molecule has 0 saturated carbocycles. The summed E-state index contributed by atoms with van der Waals surface area (Å²) in [6.07, 6.45) is 0.574. The van der Waals surface area contributed by atoms with Crippen LogP contribution in [-0.2, 0) is 13.0 Å². The number of fused-ring (bicyclic) bond motifs is 1. The first-order valence-electron chi connectivity index (χ1n) is 6.45. The van der Waals surface area contributed by atoms with Crippen LogP contribution in [0.25, 0.3) is 0 Å². The van der Waals surface area contributed by atoms with Crippen LogP contribution >= 0.6 is 0 Å². The standard InChI is InChI=1S/C14H14FN3O2/c1-2-10-12(14(19)20)13-16-11(7-18(13)17-10)8-3-5-9(15)6-4-8/h3-6,11,16H,2,7H2,1H3,(H,19,20)/t11-/m0/s1. The minimum Gasteiger partial charge on any atom is -0.477 e. The fourth-order valence-electron chi connectivity index (χ4n) is 2.53. The van der Waals surface area contributed by atoms with Gasteiger partial charge in [-0.3, -0.25) is 0 Å². The molecule has 20 heavy (non-hydrogen) atoms. The predicted molar refractivity (Wildman–Crippen MR) is 71.3 cm³/mol. The first-order chi connectivity index (χ1) is 9.60. The van der Waals surface area contributed by atoms with Crippen molar-refractivity contribution in [2.45, 2.75) is 25.9 Å². The van der Waals surface area contributed by atoms with Crippen molar-refractivity contribution in [2.24, 2.45) is 0 Å². The molecule has 2 heterocycles. The maximum Gasteiger partial charge on any atom is 0.341 e. The van der Waals surface area contributed by atoms with Crippen molar-refractivity contribution < 1.29 is 14.3 Å². The summed E-state index contributed by atoms with van der Waals surface area (Å²) in [5.41, 5.74) is 1.72. The number of anilines is 1. The van der Waals surface area contributed by atoms with E-state index in [2.05, 4.69) is 10.4 Å². The highest BCUT2D eigenvalue weighted by Crippen LogP contribution is 2.33. The fourth-order valence-corrected chi connectivity index (χ4v) is 2.53. The van der Waals surface area contributed by atoms with Crippen LogP contribution in [0.4, 0.5) is 10.2 Å². The van der Waals surface area contributed by atoms with Gasteiger partial charge >= 0.3 is 5.97 Å². The van der Waals surface area contributed by atoms with E-state index in [9.17, 15) is 14.3 Å². The van der Waals surface area contributed by atoms with Gasteiger partial charge < -0.3 is 10.4 Å². The molecule has 0 aliphatic carbocycles. The Bertz CT molecular complexity index is 664. The van der Waals surface area contributed by atoms with Crippen LogP contribution < -0.4 is 5.32 Å². The van der Waals surface area contributed by atoms with Gasteiger partial charge in [-0.1, -0.05) is 19.1 Å². The van der Waals surface area contributed by atoms with Gasteiger partial charge in [-0.15, -0.1) is 0 Å². The molecule has 1 atom stereocenters. The monoisotopic (exact) mass is 275 g/mol. The lowest BCUT2D eigenvalue weighted by Gasteiger charge is -2.11. The minimum atomic E-state index is -0.977. The molecule has 0 saturated heterocycles. The van der Waals surface area contributed by atoms with Crippen molar-refractivity contribution in [2.75, 3.05) is 5.32 Å². The van der Waals surface area contributed by atoms with Crippen molar-refractivity contribution in [3.05, 3.63) is 46.9 Å². The smallest absolute Gasteiger partial charge is 0.341 e. The van der Waals surface area contributed by atoms with E-state index in [4.69, 9.17) is 0 Å². The molecule has 5 nitrogen and oxygen atoms in total. The molecule has 2 aromatic rings. The number of aromatic carboxylic acids is 1. The number of halogens is 1. The van der Waals surface area contributed by atoms with Crippen LogP contribution in [0.1, 0.15) is 34.6 Å². The van der Waals surface area contributed by atoms with E-state index in [-0.39, 0.29) is 17.4 Å². The van der Waals surface area contributed by atoms with Crippen molar-refractivity contribution in [1.29, 1.82) is 0 Å². The van der Waals surface area contributed by atoms with E-state index >= 15 is 0 Å². The van der Waals surface area contributed by atoms with Crippen molar-refractivity contribution in [3.8, 4) is 0 Å². The summed E-state index contributed by atoms with van der Waals surface area (Å²) < 4.78 is 14.6. The SMILES string of the molecule is CCc1nn2c(c1C(=O)O)N[C@H](c1ccc(F)cc1)C2. The summed E-state index contributed by atoms with van der Waals surface area (Å²) in [4.78, 5) is 11.3. The molecule has 2 N–H and O–H groups in total. The molecule has 0 bridgehead atoms. The second-order valence-corrected chi connectivity index (χ2v) is 4.76. The maximum absolute atomic E-state index is 12.9. The molecular weight excluding hydrogens is 261 g/mol. The van der Waals surface area contributed by atoms with Gasteiger partial charge in [0.2, 0.25) is 0 Å². The van der Waals surface area contributed by atoms with Gasteiger partial charge in [-0.2, -0.15) is 5.10 Å². The Morgan fingerprint density at radius 2 is 2.20 bits per heavy atom. The van der Waals surface area contributed by atoms with E-state index in [1.807, 2.05) is 6.92 Å². The quantitative estimate of drug-likeness (QED) is 0.903. The highest BCUT2D eigenvalue weighted by Gasteiger charge is 2.30. The average molecular weight is 275 g/mol. The molecule has 0 spiro atoms. The summed E-state index contributed by atoms with van der Waals surface area (Å²) >= 11 is 0. The Labute approximate surface area is 115 Å². The highest BCUT2D eigenvalue weighted by atomic mass is 19.1. The van der Waals surface area contributed by atoms with E-state index in [1.165, 1.54) is 12.1 Å². The average Bonchev–Trinajstić information content (AvgIpc) is 2.95. The van der Waals surface area contributed by atoms with Crippen molar-refractivity contribution in [1.82, 2.24) is 9.78 Å². The maximum atomic E-state index is 12.9. The molecule has 6 heteroatoms. The van der Waals surface area contributed by atoms with E-state index in [0.29, 0.717) is 24.5 Å². The van der Waals surface area contributed by atoms with Gasteiger partial charge in [0.15, 0.2) is 0 Å². The number of aromatic nitrogens is 2. The van der Waals surface area contributed by atoms with Crippen LogP contribution in [-0.4, -0.2) is 20.9 Å². The molecule has 1 aliphatic heterocycles. The fraction of sp³-hybridized carbons (Fsp3) is 0.286. The van der Waals surface area contributed by atoms with Gasteiger partial charge in [0.1, 0.15) is 17.2 Å². The summed E-state index contributed by atoms with van der Waals surface area (Å²) in [5, 5.41) is 16.8. The Kier molecular flexibility index (Phi) is 2.93. The number of carboxylic acids is 1. The number of benzene rings is 1. The van der Waals surface area contributed by atoms with Crippen LogP contribution in [0.5, 0.6) is 0 Å². The molecular formula is C14H14FN3O2. The zero-order chi connectivity index (χ0) is 14.3. The molecule has 0 unspecified atom stereocenters. The zero-order valence-electron chi connectivity index (χ0n) is 10.9. The third kappa shape index (κ3) is 1.93. The van der Waals surface area contributed by atoms with Gasteiger partial charge in [0, 0.05) is 0 Å². The minimum absolute atomic E-state index is 0.0814. The Balaban J connectivity index is 1.93. The Morgan fingerprint density at radius 1 is 1.50 bits per heavy atom. The normalized spacial score (nSPS) is 16.8. The second-order valence-electron chi connectivity index (χ2n) is 4.76. The van der Waals surface area contributed by atoms with Gasteiger partial charge in [0.25, 0.3) is 0 Å². The number of nitrogens with zero attached hydrogens (tertiary/aromatic N) is 2. The molecule has 1 aromatic carbocycles. The van der Waals surface area contributed by atoms with Gasteiger partial charge in [0.05, 0.1) is 18.3 Å². The number of rotatable bonds is 3. The predicted octanol–water partition coefficient (Wildman–Crippen LogP) is 2.45. The number of carboxylic acid groups (broad SMARTS) is 1. The largest absolute Gasteiger partial charge is 0.477 e. The lowest BCUT2D eigenvalue weighted by atomic mass is 10.1. The zero-order valence-corrected chi connectivity index (χ0v) is 10.9. The molecule has 0 amide bonds. The molecule has 0 fully saturated rings. The number of aryl methyl sites for hydroxylation is 1. The highest BCUT2D eigenvalue weighted by molar-refractivity contribution is 5.95. The molecule has 3 rings (SSSR count). The van der Waals surface area contributed by atoms with Crippen LogP contribution in [0, 0.1) is 5.82 Å². The first-order valence-corrected chi connectivity index (χ1v) is 6.45. The lowest BCUT2D eigenvalue weighted by Crippen LogP contribution is -2.10.